The van der Waals surface area contributed by atoms with Crippen LogP contribution in [-0.4, -0.2) is 97.4 Å². The van der Waals surface area contributed by atoms with Crippen LogP contribution in [0.2, 0.25) is 39.3 Å². The normalized spacial score (nSPS) is 13.0. The van der Waals surface area contributed by atoms with Gasteiger partial charge in [0.25, 0.3) is 0 Å². The van der Waals surface area contributed by atoms with Gasteiger partial charge < -0.3 is 8.42 Å². The third kappa shape index (κ3) is 72.5. The summed E-state index contributed by atoms with van der Waals surface area (Å²) < 4.78 is 119. The number of hydrogen-bond donors (Lipinski definition) is 0. The predicted molar refractivity (Wildman–Crippen MR) is 410 cm³/mol. The fourth-order valence-electron chi connectivity index (χ4n) is 11.8. The molecule has 0 amide bonds. The van der Waals surface area contributed by atoms with E-state index in [4.69, 9.17) is 35.3 Å². The molecule has 0 saturated heterocycles. The number of hydrogen-bond acceptors (Lipinski definition) is 6. The van der Waals surface area contributed by atoms with Crippen LogP contribution < -0.4 is 0 Å². The SMILES string of the molecule is CCCCCCCCCCCCCCP(Cl)(CCCCCC)(CCCCCC)CCCCCC.CCCCCCCCCCCCCC[P+](CCCCCC)(CCCCCC)CCCCCC.C[Si](C)(C)Cl.C[Si](C)(C)OS(=O)(=O)C(F)(F)F.O=S(=O)([O-])C(F)(F)F. The minimum absolute atomic E-state index is 0.697. The van der Waals surface area contributed by atoms with Gasteiger partial charge in [-0.2, -0.15) is 45.8 Å². The van der Waals surface area contributed by atoms with Gasteiger partial charge in [-0.15, -0.1) is 0 Å². The van der Waals surface area contributed by atoms with E-state index in [1.807, 2.05) is 0 Å². The Morgan fingerprint density at radius 3 is 0.641 bits per heavy atom. The summed E-state index contributed by atoms with van der Waals surface area (Å²) in [7, 11) is -16.0. The van der Waals surface area contributed by atoms with Gasteiger partial charge in [0.2, 0.25) is 8.32 Å². The van der Waals surface area contributed by atoms with E-state index in [1.54, 1.807) is 50.3 Å². The van der Waals surface area contributed by atoms with Crippen LogP contribution in [0, 0.1) is 0 Å². The minimum atomic E-state index is -6.09. The zero-order chi connectivity index (χ0) is 71.3. The first-order valence-corrected chi connectivity index (χ1v) is 55.4. The molecule has 92 heavy (non-hydrogen) atoms. The van der Waals surface area contributed by atoms with Crippen molar-refractivity contribution in [3.63, 3.8) is 0 Å². The van der Waals surface area contributed by atoms with Gasteiger partial charge >= 0.3 is 231 Å². The van der Waals surface area contributed by atoms with E-state index < -0.39 is 60.2 Å². The second-order valence-electron chi connectivity index (χ2n) is 29.2. The van der Waals surface area contributed by atoms with E-state index in [-0.39, 0.29) is 0 Å². The Balaban J connectivity index is -0.000000400. The molecule has 0 aliphatic heterocycles. The van der Waals surface area contributed by atoms with Crippen molar-refractivity contribution in [3.8, 4) is 0 Å². The molecule has 0 rings (SSSR count). The molecule has 0 atom stereocenters. The average Bonchev–Trinajstić information content (AvgIpc) is 0.800. The van der Waals surface area contributed by atoms with Crippen molar-refractivity contribution >= 4 is 71.5 Å². The van der Waals surface area contributed by atoms with E-state index in [0.717, 1.165) is 0 Å². The molecule has 0 heterocycles. The summed E-state index contributed by atoms with van der Waals surface area (Å²) in [5, 5.41) is 0. The third-order valence-electron chi connectivity index (χ3n) is 17.2. The number of halogens is 8. The van der Waals surface area contributed by atoms with Crippen LogP contribution in [0.1, 0.15) is 364 Å². The maximum Gasteiger partial charge on any atom is 0.522 e. The zero-order valence-electron chi connectivity index (χ0n) is 62.8. The summed E-state index contributed by atoms with van der Waals surface area (Å²) >= 11 is 13.7. The van der Waals surface area contributed by atoms with Crippen LogP contribution >= 0.6 is 35.5 Å². The largest absolute Gasteiger partial charge is 0.741 e. The summed E-state index contributed by atoms with van der Waals surface area (Å²) in [6, 6.07) is 0. The molecule has 0 aliphatic rings. The van der Waals surface area contributed by atoms with Crippen LogP contribution in [0.3, 0.4) is 0 Å². The first-order valence-electron chi connectivity index (χ1n) is 38.3. The van der Waals surface area contributed by atoms with Gasteiger partial charge in [-0.25, -0.2) is 8.42 Å². The van der Waals surface area contributed by atoms with Crippen molar-refractivity contribution in [2.24, 2.45) is 0 Å². The Labute approximate surface area is 582 Å². The Morgan fingerprint density at radius 2 is 0.489 bits per heavy atom. The molecular weight excluding hydrogens is 1330 g/mol. The maximum absolute atomic E-state index is 11.7. The molecule has 0 radical (unpaired) electrons. The van der Waals surface area contributed by atoms with Crippen LogP contribution in [0.25, 0.3) is 0 Å². The smallest absolute Gasteiger partial charge is 0.522 e. The Kier molecular flexibility index (Phi) is 70.0. The summed E-state index contributed by atoms with van der Waals surface area (Å²) in [6.07, 6.45) is 81.6. The molecule has 0 saturated carbocycles. The minimum Gasteiger partial charge on any atom is -0.741 e. The van der Waals surface area contributed by atoms with Crippen molar-refractivity contribution < 1.29 is 51.6 Å². The van der Waals surface area contributed by atoms with E-state index in [1.165, 1.54) is 327 Å². The molecule has 0 bridgehead atoms. The fraction of sp³-hybridized carbons (Fsp3) is 1.00. The number of alkyl halides is 6. The molecule has 0 unspecified atom stereocenters. The standard InChI is InChI=1S/C32H68ClP.C32H68P.C4H9F3O3SSi.C3H9ClSi.CHF3O3S/c1-5-9-13-17-18-19-20-21-22-23-24-28-32-34(33,29-25-14-10-6-2,30-26-15-11-7-3)31-27-16-12-8-4;1-5-9-13-17-18-19-20-21-22-23-24-28-32-33(29-25-14-10-6-2,30-26-15-11-7-3)31-27-16-12-8-4;1-12(2,3)10-11(8,9)4(5,6)7;1-5(2,3)4;2-1(3,4)8(5,6)7/h5-32H2,1-4H3;5-32H2,1-4H3;1-3H3;1-3H3;(H,5,6,7)/q;+1;;;/p-1. The van der Waals surface area contributed by atoms with Crippen LogP contribution in [0.15, 0.2) is 0 Å². The van der Waals surface area contributed by atoms with Gasteiger partial charge in [0, 0.05) is 7.26 Å². The molecule has 0 fully saturated rings. The molecule has 0 aromatic rings. The first kappa shape index (κ1) is 102. The summed E-state index contributed by atoms with van der Waals surface area (Å²) in [5.41, 5.74) is -11.0. The Hall–Kier alpha value is 1.27. The second-order valence-corrected chi connectivity index (χ2v) is 57.1. The number of unbranched alkanes of at least 4 members (excludes halogenated alkanes) is 40. The van der Waals surface area contributed by atoms with Crippen molar-refractivity contribution in [1.82, 2.24) is 0 Å². The van der Waals surface area contributed by atoms with Crippen molar-refractivity contribution in [2.75, 3.05) is 49.3 Å². The molecule has 0 aromatic carbocycles. The van der Waals surface area contributed by atoms with Crippen molar-refractivity contribution in [2.45, 2.75) is 414 Å². The summed E-state index contributed by atoms with van der Waals surface area (Å²) in [5.74, 6) is -2.07. The Bertz CT molecular complexity index is 1720. The Morgan fingerprint density at radius 1 is 0.337 bits per heavy atom. The van der Waals surface area contributed by atoms with Gasteiger partial charge in [-0.1, -0.05) is 163 Å². The van der Waals surface area contributed by atoms with Crippen LogP contribution in [0.4, 0.5) is 26.3 Å². The van der Waals surface area contributed by atoms with Crippen molar-refractivity contribution in [3.05, 3.63) is 0 Å². The molecular formula is C72H154Cl2F6O6P2S2Si2. The summed E-state index contributed by atoms with van der Waals surface area (Å²) in [4.78, 5) is 0. The molecule has 564 valence electrons. The maximum atomic E-state index is 11.7. The zero-order valence-corrected chi connectivity index (χ0v) is 69.7. The second kappa shape index (κ2) is 63.2. The monoisotopic (exact) mass is 1480 g/mol. The number of rotatable bonds is 58. The van der Waals surface area contributed by atoms with Crippen LogP contribution in [-0.2, 0) is 24.1 Å². The van der Waals surface area contributed by atoms with Gasteiger partial charge in [-0.3, -0.25) is 0 Å². The van der Waals surface area contributed by atoms with E-state index in [9.17, 15) is 34.8 Å². The van der Waals surface area contributed by atoms with Gasteiger partial charge in [0.15, 0.2) is 10.1 Å². The molecule has 0 N–H and O–H groups in total. The average molecular weight is 1480 g/mol. The first-order chi connectivity index (χ1) is 43.0. The van der Waals surface area contributed by atoms with Gasteiger partial charge in [0.05, 0.1) is 24.6 Å². The van der Waals surface area contributed by atoms with Crippen molar-refractivity contribution in [1.29, 1.82) is 0 Å². The molecule has 0 aromatic heterocycles. The topological polar surface area (TPSA) is 101 Å². The van der Waals surface area contributed by atoms with E-state index in [2.05, 4.69) is 78.9 Å². The van der Waals surface area contributed by atoms with Gasteiger partial charge in [-0.05, 0) is 71.0 Å². The quantitative estimate of drug-likeness (QED) is 0.0114. The van der Waals surface area contributed by atoms with Gasteiger partial charge in [0.1, 0.15) is 7.38 Å². The molecule has 0 aliphatic carbocycles. The third-order valence-corrected chi connectivity index (χ3v) is 34.0. The summed E-state index contributed by atoms with van der Waals surface area (Å²) in [6.45, 7) is 29.1. The van der Waals surface area contributed by atoms with E-state index in [0.29, 0.717) is 0 Å². The molecule has 6 nitrogen and oxygen atoms in total. The predicted octanol–water partition coefficient (Wildman–Crippen LogP) is 29.4. The molecule has 0 spiro atoms. The fourth-order valence-corrected chi connectivity index (χ4v) is 26.5. The van der Waals surface area contributed by atoms with E-state index >= 15 is 0 Å². The molecule has 20 heteroatoms. The van der Waals surface area contributed by atoms with Crippen LogP contribution in [0.5, 0.6) is 0 Å².